The zero-order chi connectivity index (χ0) is 23.1. The monoisotopic (exact) mass is 447 g/mol. The normalized spacial score (nSPS) is 11.1. The fourth-order valence-electron chi connectivity index (χ4n) is 4.22. The van der Waals surface area contributed by atoms with E-state index in [2.05, 4.69) is 31.3 Å². The fraction of sp³-hybridized carbons (Fsp3) is 0.793. The molecule has 0 saturated heterocycles. The first-order chi connectivity index (χ1) is 15.8. The Balaban J connectivity index is 2.03. The second kappa shape index (κ2) is 21.6. The highest BCUT2D eigenvalue weighted by molar-refractivity contribution is 5.46. The highest BCUT2D eigenvalue weighted by Gasteiger charge is 2.10. The molecule has 0 aromatic heterocycles. The highest BCUT2D eigenvalue weighted by atomic mass is 16.5. The molecule has 186 valence electrons. The Morgan fingerprint density at radius 3 is 1.75 bits per heavy atom. The van der Waals surface area contributed by atoms with Gasteiger partial charge >= 0.3 is 0 Å². The van der Waals surface area contributed by atoms with Crippen LogP contribution in [0.4, 0.5) is 0 Å². The van der Waals surface area contributed by atoms with Gasteiger partial charge in [0.05, 0.1) is 13.7 Å². The van der Waals surface area contributed by atoms with E-state index in [9.17, 15) is 0 Å². The number of benzene rings is 1. The van der Waals surface area contributed by atoms with Gasteiger partial charge < -0.3 is 14.8 Å². The van der Waals surface area contributed by atoms with Gasteiger partial charge in [-0.3, -0.25) is 0 Å². The average Bonchev–Trinajstić information content (AvgIpc) is 2.82. The average molecular weight is 448 g/mol. The first-order valence-corrected chi connectivity index (χ1v) is 13.8. The Labute approximate surface area is 200 Å². The summed E-state index contributed by atoms with van der Waals surface area (Å²) in [6, 6.07) is 6.20. The van der Waals surface area contributed by atoms with Crippen LogP contribution in [0.5, 0.6) is 11.5 Å². The summed E-state index contributed by atoms with van der Waals surface area (Å²) in [4.78, 5) is 0. The van der Waals surface area contributed by atoms with Crippen molar-refractivity contribution in [2.75, 3.05) is 20.3 Å². The van der Waals surface area contributed by atoms with Gasteiger partial charge in [0, 0.05) is 12.1 Å². The first-order valence-electron chi connectivity index (χ1n) is 13.8. The molecule has 0 bridgehead atoms. The summed E-state index contributed by atoms with van der Waals surface area (Å²) in [5.74, 6) is 1.76. The molecule has 0 amide bonds. The van der Waals surface area contributed by atoms with Crippen LogP contribution in [0.2, 0.25) is 0 Å². The molecule has 0 saturated carbocycles. The van der Waals surface area contributed by atoms with Crippen LogP contribution in [-0.2, 0) is 6.54 Å². The minimum absolute atomic E-state index is 0.764. The molecule has 0 radical (unpaired) electrons. The van der Waals surface area contributed by atoms with Gasteiger partial charge in [-0.05, 0) is 25.5 Å². The summed E-state index contributed by atoms with van der Waals surface area (Å²) < 4.78 is 11.6. The number of nitrogens with one attached hydrogen (secondary N) is 1. The third-order valence-electron chi connectivity index (χ3n) is 6.30. The smallest absolute Gasteiger partial charge is 0.165 e. The quantitative estimate of drug-likeness (QED) is 0.170. The largest absolute Gasteiger partial charge is 0.493 e. The SMILES string of the molecule is CCCCCCCCCCCCCCCCNCc1cccc(OC)c1OCCCCC. The Hall–Kier alpha value is -1.22. The minimum atomic E-state index is 0.764. The lowest BCUT2D eigenvalue weighted by molar-refractivity contribution is 0.282. The maximum Gasteiger partial charge on any atom is 0.165 e. The van der Waals surface area contributed by atoms with E-state index in [1.54, 1.807) is 7.11 Å². The summed E-state index contributed by atoms with van der Waals surface area (Å²) >= 11 is 0. The Kier molecular flexibility index (Phi) is 19.5. The van der Waals surface area contributed by atoms with Gasteiger partial charge in [0.1, 0.15) is 0 Å². The van der Waals surface area contributed by atoms with E-state index in [1.165, 1.54) is 108 Å². The van der Waals surface area contributed by atoms with Crippen molar-refractivity contribution < 1.29 is 9.47 Å². The molecule has 1 aromatic rings. The summed E-state index contributed by atoms with van der Waals surface area (Å²) in [6.07, 6.45) is 23.2. The zero-order valence-corrected chi connectivity index (χ0v) is 21.7. The van der Waals surface area contributed by atoms with Crippen molar-refractivity contribution in [2.24, 2.45) is 0 Å². The first kappa shape index (κ1) is 28.8. The molecular formula is C29H53NO2. The van der Waals surface area contributed by atoms with Gasteiger partial charge in [-0.15, -0.1) is 0 Å². The van der Waals surface area contributed by atoms with Gasteiger partial charge in [-0.2, -0.15) is 0 Å². The van der Waals surface area contributed by atoms with Gasteiger partial charge in [-0.1, -0.05) is 122 Å². The molecule has 32 heavy (non-hydrogen) atoms. The summed E-state index contributed by atoms with van der Waals surface area (Å²) in [7, 11) is 1.72. The van der Waals surface area contributed by atoms with Crippen molar-refractivity contribution in [1.29, 1.82) is 0 Å². The van der Waals surface area contributed by atoms with Crippen LogP contribution in [0.25, 0.3) is 0 Å². The fourth-order valence-corrected chi connectivity index (χ4v) is 4.22. The van der Waals surface area contributed by atoms with Crippen molar-refractivity contribution in [3.8, 4) is 11.5 Å². The predicted octanol–water partition coefficient (Wildman–Crippen LogP) is 8.84. The predicted molar refractivity (Wildman–Crippen MR) is 140 cm³/mol. The molecule has 1 aromatic carbocycles. The standard InChI is InChI=1S/C29H53NO2/c1-4-6-8-9-10-11-12-13-14-15-16-17-18-19-24-30-26-27-22-21-23-28(31-3)29(27)32-25-20-7-5-2/h21-23,30H,4-20,24-26H2,1-3H3. The van der Waals surface area contributed by atoms with E-state index in [0.29, 0.717) is 0 Å². The zero-order valence-electron chi connectivity index (χ0n) is 21.7. The lowest BCUT2D eigenvalue weighted by atomic mass is 10.0. The molecule has 0 aliphatic rings. The Morgan fingerprint density at radius 1 is 0.656 bits per heavy atom. The van der Waals surface area contributed by atoms with E-state index in [1.807, 2.05) is 6.07 Å². The maximum absolute atomic E-state index is 6.08. The third-order valence-corrected chi connectivity index (χ3v) is 6.30. The van der Waals surface area contributed by atoms with E-state index >= 15 is 0 Å². The Morgan fingerprint density at radius 2 is 1.19 bits per heavy atom. The van der Waals surface area contributed by atoms with Crippen molar-refractivity contribution >= 4 is 0 Å². The molecule has 0 aliphatic heterocycles. The third kappa shape index (κ3) is 14.8. The van der Waals surface area contributed by atoms with Gasteiger partial charge in [-0.25, -0.2) is 0 Å². The number of para-hydroxylation sites is 1. The molecule has 0 unspecified atom stereocenters. The molecular weight excluding hydrogens is 394 g/mol. The van der Waals surface area contributed by atoms with Gasteiger partial charge in [0.25, 0.3) is 0 Å². The Bertz CT molecular complexity index is 532. The molecule has 1 rings (SSSR count). The number of hydrogen-bond acceptors (Lipinski definition) is 3. The van der Waals surface area contributed by atoms with Crippen molar-refractivity contribution in [1.82, 2.24) is 5.32 Å². The highest BCUT2D eigenvalue weighted by Crippen LogP contribution is 2.31. The molecule has 3 heteroatoms. The number of unbranched alkanes of at least 4 members (excludes halogenated alkanes) is 15. The number of methoxy groups -OCH3 is 1. The van der Waals surface area contributed by atoms with Crippen molar-refractivity contribution in [3.05, 3.63) is 23.8 Å². The number of ether oxygens (including phenoxy) is 2. The minimum Gasteiger partial charge on any atom is -0.493 e. The van der Waals surface area contributed by atoms with Crippen LogP contribution in [0.1, 0.15) is 129 Å². The number of hydrogen-bond donors (Lipinski definition) is 1. The maximum atomic E-state index is 6.08. The second-order valence-corrected chi connectivity index (χ2v) is 9.28. The molecule has 3 nitrogen and oxygen atoms in total. The van der Waals surface area contributed by atoms with E-state index in [4.69, 9.17) is 9.47 Å². The van der Waals surface area contributed by atoms with E-state index < -0.39 is 0 Å². The van der Waals surface area contributed by atoms with E-state index in [-0.39, 0.29) is 0 Å². The molecule has 0 heterocycles. The van der Waals surface area contributed by atoms with Gasteiger partial charge in [0.2, 0.25) is 0 Å². The summed E-state index contributed by atoms with van der Waals surface area (Å²) in [5, 5.41) is 3.60. The molecule has 0 fully saturated rings. The van der Waals surface area contributed by atoms with Crippen LogP contribution in [-0.4, -0.2) is 20.3 Å². The molecule has 0 spiro atoms. The lowest BCUT2D eigenvalue weighted by Crippen LogP contribution is -2.16. The van der Waals surface area contributed by atoms with Crippen LogP contribution >= 0.6 is 0 Å². The summed E-state index contributed by atoms with van der Waals surface area (Å²) in [6.45, 7) is 7.19. The van der Waals surface area contributed by atoms with Crippen LogP contribution in [0.15, 0.2) is 18.2 Å². The van der Waals surface area contributed by atoms with Gasteiger partial charge in [0.15, 0.2) is 11.5 Å². The van der Waals surface area contributed by atoms with E-state index in [0.717, 1.165) is 37.6 Å². The molecule has 0 atom stereocenters. The van der Waals surface area contributed by atoms with Crippen molar-refractivity contribution in [3.63, 3.8) is 0 Å². The number of rotatable bonds is 23. The summed E-state index contributed by atoms with van der Waals surface area (Å²) in [5.41, 5.74) is 1.20. The van der Waals surface area contributed by atoms with Crippen LogP contribution in [0.3, 0.4) is 0 Å². The van der Waals surface area contributed by atoms with Crippen molar-refractivity contribution in [2.45, 2.75) is 130 Å². The lowest BCUT2D eigenvalue weighted by Gasteiger charge is -2.15. The molecule has 1 N–H and O–H groups in total. The molecule has 0 aliphatic carbocycles. The van der Waals surface area contributed by atoms with Crippen LogP contribution < -0.4 is 14.8 Å². The second-order valence-electron chi connectivity index (χ2n) is 9.28. The topological polar surface area (TPSA) is 30.5 Å². The van der Waals surface area contributed by atoms with Crippen LogP contribution in [0, 0.1) is 0 Å².